The topological polar surface area (TPSA) is 104 Å². The summed E-state index contributed by atoms with van der Waals surface area (Å²) in [4.78, 5) is 23.7. The fourth-order valence-electron chi connectivity index (χ4n) is 1.93. The van der Waals surface area contributed by atoms with Crippen LogP contribution in [0.1, 0.15) is 10.4 Å². The molecule has 0 aliphatic carbocycles. The number of β-amino-alcohol motifs (C(OH)–C–C–N with tert-alkyl or cyclic N) is 2. The van der Waals surface area contributed by atoms with E-state index in [-0.39, 0.29) is 28.8 Å². The number of rotatable bonds is 2. The van der Waals surface area contributed by atoms with Gasteiger partial charge in [0.2, 0.25) is 0 Å². The molecule has 1 fully saturated rings. The van der Waals surface area contributed by atoms with Crippen molar-refractivity contribution in [2.24, 2.45) is 0 Å². The minimum Gasteiger partial charge on any atom is -0.388 e. The number of nitro benzene ring substituents is 1. The largest absolute Gasteiger partial charge is 0.388 e. The number of hydrogen-bond acceptors (Lipinski definition) is 5. The highest BCUT2D eigenvalue weighted by Crippen LogP contribution is 2.29. The molecule has 0 aromatic heterocycles. The van der Waals surface area contributed by atoms with E-state index in [0.717, 1.165) is 0 Å². The Hall–Kier alpha value is -1.51. The van der Waals surface area contributed by atoms with E-state index in [1.165, 1.54) is 23.1 Å². The smallest absolute Gasteiger partial charge is 0.284 e. The van der Waals surface area contributed by atoms with E-state index in [1.807, 2.05) is 0 Å². The van der Waals surface area contributed by atoms with Crippen LogP contribution in [0.3, 0.4) is 0 Å². The van der Waals surface area contributed by atoms with Gasteiger partial charge in [-0.05, 0) is 22.0 Å². The van der Waals surface area contributed by atoms with Crippen LogP contribution in [0.5, 0.6) is 0 Å². The first-order valence-electron chi connectivity index (χ1n) is 5.50. The standard InChI is InChI=1S/C11H11BrN2O5/c12-10-6(2-1-3-7(10)14(18)19)11(17)13-4-8(15)9(16)5-13/h1-3,8-9,15-16H,4-5H2. The number of amides is 1. The van der Waals surface area contributed by atoms with Crippen molar-refractivity contribution in [3.05, 3.63) is 38.3 Å². The van der Waals surface area contributed by atoms with E-state index in [9.17, 15) is 25.1 Å². The fraction of sp³-hybridized carbons (Fsp3) is 0.364. The zero-order valence-electron chi connectivity index (χ0n) is 9.69. The van der Waals surface area contributed by atoms with Gasteiger partial charge in [0.15, 0.2) is 0 Å². The number of aliphatic hydroxyl groups excluding tert-OH is 2. The predicted octanol–water partition coefficient (Wildman–Crippen LogP) is 0.535. The molecule has 2 atom stereocenters. The van der Waals surface area contributed by atoms with Crippen molar-refractivity contribution >= 4 is 27.5 Å². The molecule has 0 spiro atoms. The molecule has 2 unspecified atom stereocenters. The molecule has 1 amide bonds. The first kappa shape index (κ1) is 13.9. The van der Waals surface area contributed by atoms with Crippen LogP contribution in [0.25, 0.3) is 0 Å². The molecule has 1 heterocycles. The molecule has 1 aromatic rings. The summed E-state index contributed by atoms with van der Waals surface area (Å²) in [5.41, 5.74) is -0.0679. The van der Waals surface area contributed by atoms with E-state index in [1.54, 1.807) is 0 Å². The van der Waals surface area contributed by atoms with E-state index in [2.05, 4.69) is 15.9 Å². The lowest BCUT2D eigenvalue weighted by Gasteiger charge is -2.16. The Bertz CT molecular complexity index is 526. The third kappa shape index (κ3) is 2.60. The van der Waals surface area contributed by atoms with Gasteiger partial charge in [-0.1, -0.05) is 6.07 Å². The zero-order chi connectivity index (χ0) is 14.2. The van der Waals surface area contributed by atoms with Gasteiger partial charge in [0.1, 0.15) is 4.47 Å². The molecular formula is C11H11BrN2O5. The molecule has 0 bridgehead atoms. The van der Waals surface area contributed by atoms with E-state index in [4.69, 9.17) is 0 Å². The maximum Gasteiger partial charge on any atom is 0.284 e. The van der Waals surface area contributed by atoms with Gasteiger partial charge < -0.3 is 15.1 Å². The Kier molecular flexibility index (Phi) is 3.83. The van der Waals surface area contributed by atoms with Gasteiger partial charge >= 0.3 is 0 Å². The van der Waals surface area contributed by atoms with Crippen molar-refractivity contribution in [1.82, 2.24) is 4.90 Å². The summed E-state index contributed by atoms with van der Waals surface area (Å²) in [5.74, 6) is -0.467. The lowest BCUT2D eigenvalue weighted by Crippen LogP contribution is -2.30. The molecule has 1 saturated heterocycles. The number of likely N-dealkylation sites (tertiary alicyclic amines) is 1. The third-order valence-corrected chi connectivity index (χ3v) is 3.79. The zero-order valence-corrected chi connectivity index (χ0v) is 11.3. The second-order valence-electron chi connectivity index (χ2n) is 4.24. The van der Waals surface area contributed by atoms with Crippen LogP contribution in [0.15, 0.2) is 22.7 Å². The molecule has 0 saturated carbocycles. The summed E-state index contributed by atoms with van der Waals surface area (Å²) in [6.45, 7) is 0.0181. The molecule has 2 N–H and O–H groups in total. The lowest BCUT2D eigenvalue weighted by molar-refractivity contribution is -0.385. The summed E-state index contributed by atoms with van der Waals surface area (Å²) in [6, 6.07) is 4.16. The second kappa shape index (κ2) is 5.24. The van der Waals surface area contributed by atoms with Crippen molar-refractivity contribution in [3.63, 3.8) is 0 Å². The van der Waals surface area contributed by atoms with E-state index in [0.29, 0.717) is 0 Å². The highest BCUT2D eigenvalue weighted by molar-refractivity contribution is 9.10. The van der Waals surface area contributed by atoms with Gasteiger partial charge in [-0.3, -0.25) is 14.9 Å². The quantitative estimate of drug-likeness (QED) is 0.608. The number of carbonyl (C=O) groups is 1. The molecular weight excluding hydrogens is 320 g/mol. The lowest BCUT2D eigenvalue weighted by atomic mass is 10.2. The highest BCUT2D eigenvalue weighted by Gasteiger charge is 2.34. The molecule has 1 aromatic carbocycles. The Morgan fingerprint density at radius 3 is 2.47 bits per heavy atom. The monoisotopic (exact) mass is 330 g/mol. The molecule has 19 heavy (non-hydrogen) atoms. The average molecular weight is 331 g/mol. The summed E-state index contributed by atoms with van der Waals surface area (Å²) in [5, 5.41) is 29.6. The normalized spacial score (nSPS) is 22.6. The van der Waals surface area contributed by atoms with Crippen molar-refractivity contribution in [1.29, 1.82) is 0 Å². The predicted molar refractivity (Wildman–Crippen MR) is 68.7 cm³/mol. The van der Waals surface area contributed by atoms with Crippen LogP contribution < -0.4 is 0 Å². The molecule has 2 rings (SSSR count). The Morgan fingerprint density at radius 1 is 1.37 bits per heavy atom. The number of aliphatic hydroxyl groups is 2. The number of hydrogen-bond donors (Lipinski definition) is 2. The molecule has 1 aliphatic heterocycles. The summed E-state index contributed by atoms with van der Waals surface area (Å²) in [7, 11) is 0. The Labute approximate surface area is 116 Å². The molecule has 102 valence electrons. The van der Waals surface area contributed by atoms with Gasteiger partial charge in [0.25, 0.3) is 11.6 Å². The molecule has 0 radical (unpaired) electrons. The minimum absolute atomic E-state index is 0.00906. The Morgan fingerprint density at radius 2 is 1.95 bits per heavy atom. The van der Waals surface area contributed by atoms with Crippen molar-refractivity contribution in [2.45, 2.75) is 12.2 Å². The second-order valence-corrected chi connectivity index (χ2v) is 5.03. The van der Waals surface area contributed by atoms with Gasteiger partial charge in [0, 0.05) is 19.2 Å². The van der Waals surface area contributed by atoms with Crippen molar-refractivity contribution in [2.75, 3.05) is 13.1 Å². The van der Waals surface area contributed by atoms with E-state index >= 15 is 0 Å². The summed E-state index contributed by atoms with van der Waals surface area (Å²) < 4.78 is 0.0980. The number of nitrogens with zero attached hydrogens (tertiary/aromatic N) is 2. The van der Waals surface area contributed by atoms with Crippen LogP contribution in [0.4, 0.5) is 5.69 Å². The van der Waals surface area contributed by atoms with Gasteiger partial charge in [-0.2, -0.15) is 0 Å². The summed E-state index contributed by atoms with van der Waals surface area (Å²) >= 11 is 3.05. The van der Waals surface area contributed by atoms with Crippen molar-refractivity contribution < 1.29 is 19.9 Å². The Balaban J connectivity index is 2.30. The van der Waals surface area contributed by atoms with Crippen LogP contribution in [-0.4, -0.2) is 51.2 Å². The number of halogens is 1. The number of benzene rings is 1. The third-order valence-electron chi connectivity index (χ3n) is 2.95. The number of carbonyl (C=O) groups excluding carboxylic acids is 1. The fourth-order valence-corrected chi connectivity index (χ4v) is 2.51. The summed E-state index contributed by atoms with van der Waals surface area (Å²) in [6.07, 6.45) is -1.97. The average Bonchev–Trinajstić information content (AvgIpc) is 2.69. The van der Waals surface area contributed by atoms with Crippen LogP contribution >= 0.6 is 15.9 Å². The first-order chi connectivity index (χ1) is 8.91. The maximum absolute atomic E-state index is 12.2. The molecule has 1 aliphatic rings. The molecule has 8 heteroatoms. The van der Waals surface area contributed by atoms with E-state index < -0.39 is 23.0 Å². The SMILES string of the molecule is O=C(c1cccc([N+](=O)[O-])c1Br)N1CC(O)C(O)C1. The van der Waals surface area contributed by atoms with Crippen LogP contribution in [0, 0.1) is 10.1 Å². The van der Waals surface area contributed by atoms with Crippen molar-refractivity contribution in [3.8, 4) is 0 Å². The van der Waals surface area contributed by atoms with Gasteiger partial charge in [-0.25, -0.2) is 0 Å². The van der Waals surface area contributed by atoms with Crippen LogP contribution in [-0.2, 0) is 0 Å². The number of nitro groups is 1. The minimum atomic E-state index is -0.985. The highest BCUT2D eigenvalue weighted by atomic mass is 79.9. The molecule has 7 nitrogen and oxygen atoms in total. The van der Waals surface area contributed by atoms with Gasteiger partial charge in [-0.15, -0.1) is 0 Å². The van der Waals surface area contributed by atoms with Crippen LogP contribution in [0.2, 0.25) is 0 Å². The maximum atomic E-state index is 12.2. The van der Waals surface area contributed by atoms with Gasteiger partial charge in [0.05, 0.1) is 22.7 Å². The first-order valence-corrected chi connectivity index (χ1v) is 6.29.